The maximum atomic E-state index is 13.0. The zero-order chi connectivity index (χ0) is 22.5. The predicted molar refractivity (Wildman–Crippen MR) is 114 cm³/mol. The lowest BCUT2D eigenvalue weighted by atomic mass is 9.99. The normalized spacial score (nSPS) is 14.8. The van der Waals surface area contributed by atoms with E-state index in [-0.39, 0.29) is 16.5 Å². The van der Waals surface area contributed by atoms with Crippen LogP contribution in [-0.4, -0.2) is 37.2 Å². The fourth-order valence-electron chi connectivity index (χ4n) is 3.33. The van der Waals surface area contributed by atoms with E-state index in [4.69, 9.17) is 0 Å². The zero-order valence-corrected chi connectivity index (χ0v) is 18.5. The Balaban J connectivity index is 1.96. The molecule has 1 aliphatic rings. The summed E-state index contributed by atoms with van der Waals surface area (Å²) >= 11 is 1.10. The molecule has 0 aliphatic carbocycles. The Bertz CT molecular complexity index is 1010. The van der Waals surface area contributed by atoms with Crippen molar-refractivity contribution in [1.82, 2.24) is 10.2 Å². The first-order chi connectivity index (χ1) is 14.7. The quantitative estimate of drug-likeness (QED) is 0.378. The molecule has 0 saturated heterocycles. The number of rotatable bonds is 9. The molecule has 2 heterocycles. The number of fused-ring (bicyclic) bond motifs is 1. The molecule has 2 aromatic rings. The van der Waals surface area contributed by atoms with Crippen LogP contribution in [0.25, 0.3) is 0 Å². The van der Waals surface area contributed by atoms with E-state index < -0.39 is 15.5 Å². The van der Waals surface area contributed by atoms with Gasteiger partial charge >= 0.3 is 15.5 Å². The lowest BCUT2D eigenvalue weighted by Gasteiger charge is -2.32. The maximum absolute atomic E-state index is 13.0. The van der Waals surface area contributed by atoms with Gasteiger partial charge in [-0.2, -0.15) is 21.6 Å². The summed E-state index contributed by atoms with van der Waals surface area (Å²) in [4.78, 5) is 2.09. The van der Waals surface area contributed by atoms with Crippen LogP contribution in [0.2, 0.25) is 0 Å². The van der Waals surface area contributed by atoms with Crippen molar-refractivity contribution < 1.29 is 21.6 Å². The molecule has 0 saturated carbocycles. The number of unbranched alkanes of at least 4 members (excludes halogenated alkanes) is 3. The van der Waals surface area contributed by atoms with E-state index in [2.05, 4.69) is 32.2 Å². The van der Waals surface area contributed by atoms with Crippen molar-refractivity contribution in [2.45, 2.75) is 51.0 Å². The molecule has 0 atom stereocenters. The smallest absolute Gasteiger partial charge is 0.371 e. The molecule has 1 aromatic heterocycles. The number of hydrogen-bond donors (Lipinski definition) is 1. The summed E-state index contributed by atoms with van der Waals surface area (Å²) in [5.74, 6) is 0. The average Bonchev–Trinajstić information content (AvgIpc) is 3.22. The topological polar surface area (TPSA) is 99.9 Å². The summed E-state index contributed by atoms with van der Waals surface area (Å²) in [5, 5.41) is 15.4. The van der Waals surface area contributed by atoms with Crippen LogP contribution in [0.3, 0.4) is 0 Å². The summed E-state index contributed by atoms with van der Waals surface area (Å²) in [7, 11) is -5.61. The van der Waals surface area contributed by atoms with E-state index >= 15 is 0 Å². The molecule has 1 aliphatic heterocycles. The van der Waals surface area contributed by atoms with E-state index in [1.54, 1.807) is 10.8 Å². The number of nitrogens with zero attached hydrogens (tertiary/aromatic N) is 5. The second-order valence-electron chi connectivity index (χ2n) is 7.12. The fraction of sp³-hybridized carbons (Fsp3) is 0.556. The molecule has 3 rings (SSSR count). The molecule has 0 bridgehead atoms. The number of azo groups is 1. The molecule has 0 fully saturated rings. The second kappa shape index (κ2) is 9.90. The van der Waals surface area contributed by atoms with E-state index in [9.17, 15) is 21.6 Å². The second-order valence-corrected chi connectivity index (χ2v) is 9.61. The van der Waals surface area contributed by atoms with Gasteiger partial charge in [-0.15, -0.1) is 20.4 Å². The molecule has 13 heteroatoms. The van der Waals surface area contributed by atoms with Crippen molar-refractivity contribution in [3.8, 4) is 0 Å². The van der Waals surface area contributed by atoms with Crippen LogP contribution in [0.5, 0.6) is 0 Å². The number of aryl methyl sites for hydroxylation is 1. The van der Waals surface area contributed by atoms with Gasteiger partial charge in [0.2, 0.25) is 0 Å². The Labute approximate surface area is 182 Å². The molecule has 0 radical (unpaired) electrons. The van der Waals surface area contributed by atoms with Crippen molar-refractivity contribution in [2.75, 3.05) is 22.7 Å². The van der Waals surface area contributed by atoms with Crippen LogP contribution in [-0.2, 0) is 16.4 Å². The SMILES string of the molecule is CCCCCCN1CCCc2cc(N=Nc3nncs3)c(NS(=O)(=O)C(F)(F)F)cc21. The van der Waals surface area contributed by atoms with E-state index in [1.165, 1.54) is 11.6 Å². The van der Waals surface area contributed by atoms with Gasteiger partial charge in [0.25, 0.3) is 5.13 Å². The van der Waals surface area contributed by atoms with Gasteiger partial charge in [-0.3, -0.25) is 4.72 Å². The largest absolute Gasteiger partial charge is 0.516 e. The third-order valence-electron chi connectivity index (χ3n) is 4.83. The monoisotopic (exact) mass is 476 g/mol. The van der Waals surface area contributed by atoms with Crippen molar-refractivity contribution in [3.63, 3.8) is 0 Å². The third-order valence-corrected chi connectivity index (χ3v) is 6.51. The Kier molecular flexibility index (Phi) is 7.46. The standard InChI is InChI=1S/C18H23F3N6O2S2/c1-2-3-4-5-8-27-9-6-7-13-10-14(23-25-17-24-22-12-30-17)15(11-16(13)27)26-31(28,29)18(19,20)21/h10-12,26H,2-9H2,1H3. The van der Waals surface area contributed by atoms with Crippen LogP contribution >= 0.6 is 11.3 Å². The highest BCUT2D eigenvalue weighted by Gasteiger charge is 2.46. The average molecular weight is 477 g/mol. The maximum Gasteiger partial charge on any atom is 0.516 e. The lowest BCUT2D eigenvalue weighted by molar-refractivity contribution is -0.0429. The van der Waals surface area contributed by atoms with Gasteiger partial charge in [-0.1, -0.05) is 37.5 Å². The molecular formula is C18H23F3N6O2S2. The minimum absolute atomic E-state index is 0.00499. The van der Waals surface area contributed by atoms with Gasteiger partial charge in [-0.25, -0.2) is 0 Å². The highest BCUT2D eigenvalue weighted by molar-refractivity contribution is 7.93. The molecule has 1 aromatic carbocycles. The first-order valence-corrected chi connectivity index (χ1v) is 12.3. The van der Waals surface area contributed by atoms with Crippen LogP contribution < -0.4 is 9.62 Å². The molecule has 31 heavy (non-hydrogen) atoms. The van der Waals surface area contributed by atoms with Crippen LogP contribution in [0.1, 0.15) is 44.6 Å². The van der Waals surface area contributed by atoms with Crippen molar-refractivity contribution in [1.29, 1.82) is 0 Å². The van der Waals surface area contributed by atoms with Crippen molar-refractivity contribution in [2.24, 2.45) is 10.2 Å². The molecule has 0 spiro atoms. The summed E-state index contributed by atoms with van der Waals surface area (Å²) in [6, 6.07) is 3.01. The van der Waals surface area contributed by atoms with Gasteiger partial charge in [0, 0.05) is 18.8 Å². The minimum atomic E-state index is -5.61. The van der Waals surface area contributed by atoms with Crippen molar-refractivity contribution >= 4 is 43.6 Å². The Morgan fingerprint density at radius 2 is 2.03 bits per heavy atom. The number of aromatic nitrogens is 2. The lowest BCUT2D eigenvalue weighted by Crippen LogP contribution is -2.32. The molecular weight excluding hydrogens is 453 g/mol. The molecule has 1 N–H and O–H groups in total. The fourth-order valence-corrected chi connectivity index (χ4v) is 4.27. The van der Waals surface area contributed by atoms with E-state index in [1.807, 2.05) is 0 Å². The summed E-state index contributed by atoms with van der Waals surface area (Å²) < 4.78 is 64.1. The minimum Gasteiger partial charge on any atom is -0.371 e. The molecule has 8 nitrogen and oxygen atoms in total. The first-order valence-electron chi connectivity index (χ1n) is 9.90. The number of nitrogens with one attached hydrogen (secondary N) is 1. The highest BCUT2D eigenvalue weighted by Crippen LogP contribution is 2.39. The van der Waals surface area contributed by atoms with Gasteiger partial charge in [0.05, 0.1) is 5.69 Å². The highest BCUT2D eigenvalue weighted by atomic mass is 32.2. The number of sulfonamides is 1. The van der Waals surface area contributed by atoms with Gasteiger partial charge in [0.1, 0.15) is 11.2 Å². The summed E-state index contributed by atoms with van der Waals surface area (Å²) in [5.41, 5.74) is -2.68. The van der Waals surface area contributed by atoms with Gasteiger partial charge in [0.15, 0.2) is 0 Å². The number of halogens is 3. The zero-order valence-electron chi connectivity index (χ0n) is 16.9. The van der Waals surface area contributed by atoms with Crippen molar-refractivity contribution in [3.05, 3.63) is 23.2 Å². The van der Waals surface area contributed by atoms with Crippen LogP contribution in [0.4, 0.5) is 35.4 Å². The molecule has 0 unspecified atom stereocenters. The Hall–Kier alpha value is -2.28. The number of alkyl halides is 3. The van der Waals surface area contributed by atoms with Gasteiger partial charge < -0.3 is 4.90 Å². The van der Waals surface area contributed by atoms with Crippen LogP contribution in [0, 0.1) is 0 Å². The molecule has 0 amide bonds. The Morgan fingerprint density at radius 1 is 1.23 bits per heavy atom. The number of anilines is 2. The third kappa shape index (κ3) is 5.91. The van der Waals surface area contributed by atoms with Crippen LogP contribution in [0.15, 0.2) is 27.9 Å². The predicted octanol–water partition coefficient (Wildman–Crippen LogP) is 5.55. The first kappa shape index (κ1) is 23.4. The summed E-state index contributed by atoms with van der Waals surface area (Å²) in [6.07, 6.45) is 5.83. The summed E-state index contributed by atoms with van der Waals surface area (Å²) in [6.45, 7) is 3.63. The van der Waals surface area contributed by atoms with E-state index in [0.29, 0.717) is 6.42 Å². The number of benzene rings is 1. The number of hydrogen-bond acceptors (Lipinski definition) is 8. The Morgan fingerprint density at radius 3 is 2.71 bits per heavy atom. The molecule has 170 valence electrons. The van der Waals surface area contributed by atoms with E-state index in [0.717, 1.165) is 67.8 Å². The van der Waals surface area contributed by atoms with Gasteiger partial charge in [-0.05, 0) is 37.0 Å².